The molecule has 0 N–H and O–H groups in total. The van der Waals surface area contributed by atoms with Gasteiger partial charge in [-0.15, -0.1) is 0 Å². The number of pyridine rings is 4. The van der Waals surface area contributed by atoms with Crippen LogP contribution in [0.4, 0.5) is 17.3 Å². The number of aryl methyl sites for hydroxylation is 4. The number of anilines is 3. The van der Waals surface area contributed by atoms with Crippen molar-refractivity contribution in [2.24, 2.45) is 0 Å². The molecule has 0 unspecified atom stereocenters. The van der Waals surface area contributed by atoms with Crippen molar-refractivity contribution in [2.45, 2.75) is 66.2 Å². The van der Waals surface area contributed by atoms with Crippen LogP contribution in [-0.4, -0.2) is 19.9 Å². The van der Waals surface area contributed by atoms with E-state index in [1.165, 1.54) is 27.9 Å². The Morgan fingerprint density at radius 3 is 1.34 bits per heavy atom. The van der Waals surface area contributed by atoms with Crippen molar-refractivity contribution in [1.82, 2.24) is 19.9 Å². The summed E-state index contributed by atoms with van der Waals surface area (Å²) in [5.41, 5.74) is 13.6. The molecule has 0 amide bonds. The average Bonchev–Trinajstić information content (AvgIpc) is 2.92. The van der Waals surface area contributed by atoms with Gasteiger partial charge in [-0.2, -0.15) is 0 Å². The second kappa shape index (κ2) is 8.56. The van der Waals surface area contributed by atoms with Crippen LogP contribution < -0.4 is 4.90 Å². The SMILES string of the molecule is Cc1ccc(-c2ccc3c(n2)N2c4nc(-c5ccc(C)nc5C)ccc4C(C)(C)c4cccc(c42)C3(C)C)c(C)n1. The topological polar surface area (TPSA) is 54.8 Å². The highest BCUT2D eigenvalue weighted by molar-refractivity contribution is 5.91. The number of aromatic nitrogens is 4. The van der Waals surface area contributed by atoms with Crippen LogP contribution in [0.2, 0.25) is 0 Å². The van der Waals surface area contributed by atoms with E-state index in [9.17, 15) is 0 Å². The van der Waals surface area contributed by atoms with Crippen LogP contribution in [0.1, 0.15) is 72.7 Å². The summed E-state index contributed by atoms with van der Waals surface area (Å²) >= 11 is 0. The fourth-order valence-electron chi connectivity index (χ4n) is 6.82. The zero-order chi connectivity index (χ0) is 28.8. The number of hydrogen-bond acceptors (Lipinski definition) is 5. The molecule has 0 atom stereocenters. The van der Waals surface area contributed by atoms with Crippen molar-refractivity contribution in [2.75, 3.05) is 4.90 Å². The van der Waals surface area contributed by atoms with Crippen molar-refractivity contribution in [3.05, 3.63) is 112 Å². The van der Waals surface area contributed by atoms with Gasteiger partial charge in [0, 0.05) is 55.9 Å². The van der Waals surface area contributed by atoms with E-state index >= 15 is 0 Å². The molecular weight excluding hydrogens is 502 g/mol. The van der Waals surface area contributed by atoms with Crippen molar-refractivity contribution in [1.29, 1.82) is 0 Å². The van der Waals surface area contributed by atoms with Crippen molar-refractivity contribution < 1.29 is 0 Å². The molecule has 0 fully saturated rings. The summed E-state index contributed by atoms with van der Waals surface area (Å²) in [7, 11) is 0. The molecular formula is C36H35N5. The van der Waals surface area contributed by atoms with Crippen LogP contribution in [0.3, 0.4) is 0 Å². The highest BCUT2D eigenvalue weighted by Crippen LogP contribution is 2.59. The first-order valence-electron chi connectivity index (χ1n) is 14.3. The predicted molar refractivity (Wildman–Crippen MR) is 166 cm³/mol. The van der Waals surface area contributed by atoms with E-state index < -0.39 is 0 Å². The fraction of sp³-hybridized carbons (Fsp3) is 0.278. The van der Waals surface area contributed by atoms with E-state index in [0.29, 0.717) is 0 Å². The highest BCUT2D eigenvalue weighted by Gasteiger charge is 2.46. The summed E-state index contributed by atoms with van der Waals surface area (Å²) in [6, 6.07) is 23.9. The first-order chi connectivity index (χ1) is 19.5. The molecule has 0 saturated heterocycles. The Morgan fingerprint density at radius 1 is 0.488 bits per heavy atom. The van der Waals surface area contributed by atoms with Gasteiger partial charge in [-0.1, -0.05) is 58.0 Å². The number of hydrogen-bond donors (Lipinski definition) is 0. The van der Waals surface area contributed by atoms with Gasteiger partial charge >= 0.3 is 0 Å². The molecule has 0 spiro atoms. The summed E-state index contributed by atoms with van der Waals surface area (Å²) < 4.78 is 0. The molecule has 4 aromatic heterocycles. The summed E-state index contributed by atoms with van der Waals surface area (Å²) in [6.45, 7) is 17.4. The number of fused-ring (bicyclic) bond motifs is 4. The number of nitrogens with zero attached hydrogens (tertiary/aromatic N) is 5. The Hall–Kier alpha value is -4.38. The van der Waals surface area contributed by atoms with Gasteiger partial charge in [0.25, 0.3) is 0 Å². The maximum absolute atomic E-state index is 5.41. The van der Waals surface area contributed by atoms with Crippen LogP contribution in [-0.2, 0) is 10.8 Å². The highest BCUT2D eigenvalue weighted by atomic mass is 15.3. The van der Waals surface area contributed by atoms with Crippen LogP contribution in [0, 0.1) is 27.7 Å². The standard InChI is InChI=1S/C36H35N5/c1-20-12-14-24(22(3)37-20)30-18-16-28-33(39-30)41-32-26(35(28,5)6)10-9-11-27(32)36(7,8)29-17-19-31(40-34(29)41)25-15-13-21(2)38-23(25)4/h9-19H,1-8H3. The summed E-state index contributed by atoms with van der Waals surface area (Å²) in [6.07, 6.45) is 0. The summed E-state index contributed by atoms with van der Waals surface area (Å²) in [5, 5.41) is 0. The Kier molecular flexibility index (Phi) is 5.34. The average molecular weight is 538 g/mol. The maximum Gasteiger partial charge on any atom is 0.143 e. The zero-order valence-electron chi connectivity index (χ0n) is 25.1. The summed E-state index contributed by atoms with van der Waals surface area (Å²) in [4.78, 5) is 22.6. The van der Waals surface area contributed by atoms with Crippen molar-refractivity contribution >= 4 is 17.3 Å². The van der Waals surface area contributed by atoms with Crippen LogP contribution in [0.25, 0.3) is 22.5 Å². The Bertz CT molecular complexity index is 1770. The quantitative estimate of drug-likeness (QED) is 0.226. The lowest BCUT2D eigenvalue weighted by Gasteiger charge is -2.48. The third-order valence-electron chi connectivity index (χ3n) is 9.13. The largest absolute Gasteiger partial charge is 0.278 e. The normalized spacial score (nSPS) is 15.7. The lowest BCUT2D eigenvalue weighted by Crippen LogP contribution is -2.39. The molecule has 7 rings (SSSR count). The number of rotatable bonds is 2. The van der Waals surface area contributed by atoms with E-state index in [2.05, 4.69) is 113 Å². The van der Waals surface area contributed by atoms with Crippen LogP contribution >= 0.6 is 0 Å². The first kappa shape index (κ1) is 25.6. The molecule has 5 heteroatoms. The predicted octanol–water partition coefficient (Wildman–Crippen LogP) is 8.58. The summed E-state index contributed by atoms with van der Waals surface area (Å²) in [5.74, 6) is 1.88. The molecule has 204 valence electrons. The zero-order valence-corrected chi connectivity index (χ0v) is 25.1. The maximum atomic E-state index is 5.41. The van der Waals surface area contributed by atoms with Gasteiger partial charge in [0.1, 0.15) is 11.6 Å². The number of benzene rings is 1. The second-order valence-electron chi connectivity index (χ2n) is 12.6. The van der Waals surface area contributed by atoms with Gasteiger partial charge in [-0.25, -0.2) is 9.97 Å². The van der Waals surface area contributed by atoms with Crippen LogP contribution in [0.15, 0.2) is 66.7 Å². The molecule has 2 aliphatic heterocycles. The van der Waals surface area contributed by atoms with Gasteiger partial charge in [-0.3, -0.25) is 14.9 Å². The molecule has 1 aromatic carbocycles. The molecule has 5 nitrogen and oxygen atoms in total. The van der Waals surface area contributed by atoms with Crippen molar-refractivity contribution in [3.63, 3.8) is 0 Å². The molecule has 2 aliphatic rings. The Labute approximate surface area is 242 Å². The van der Waals surface area contributed by atoms with Crippen LogP contribution in [0.5, 0.6) is 0 Å². The molecule has 0 aliphatic carbocycles. The van der Waals surface area contributed by atoms with Gasteiger partial charge in [0.2, 0.25) is 0 Å². The Morgan fingerprint density at radius 2 is 0.927 bits per heavy atom. The lowest BCUT2D eigenvalue weighted by molar-refractivity contribution is 0.591. The van der Waals surface area contributed by atoms with E-state index in [-0.39, 0.29) is 10.8 Å². The minimum absolute atomic E-state index is 0.230. The fourth-order valence-corrected chi connectivity index (χ4v) is 6.82. The third-order valence-corrected chi connectivity index (χ3v) is 9.13. The molecule has 0 saturated carbocycles. The van der Waals surface area contributed by atoms with Gasteiger partial charge < -0.3 is 0 Å². The van der Waals surface area contributed by atoms with E-state index in [1.54, 1.807) is 0 Å². The smallest absolute Gasteiger partial charge is 0.143 e. The Balaban J connectivity index is 1.54. The number of para-hydroxylation sites is 1. The lowest BCUT2D eigenvalue weighted by atomic mass is 9.67. The van der Waals surface area contributed by atoms with E-state index in [4.69, 9.17) is 19.9 Å². The minimum atomic E-state index is -0.230. The monoisotopic (exact) mass is 537 g/mol. The van der Waals surface area contributed by atoms with Gasteiger partial charge in [0.15, 0.2) is 0 Å². The van der Waals surface area contributed by atoms with Gasteiger partial charge in [-0.05, 0) is 75.2 Å². The van der Waals surface area contributed by atoms with E-state index in [1.807, 2.05) is 13.8 Å². The molecule has 0 bridgehead atoms. The molecule has 0 radical (unpaired) electrons. The molecule has 41 heavy (non-hydrogen) atoms. The minimum Gasteiger partial charge on any atom is -0.278 e. The molecule has 6 heterocycles. The van der Waals surface area contributed by atoms with Gasteiger partial charge in [0.05, 0.1) is 17.1 Å². The second-order valence-corrected chi connectivity index (χ2v) is 12.6. The molecule has 5 aromatic rings. The van der Waals surface area contributed by atoms with Crippen molar-refractivity contribution in [3.8, 4) is 22.5 Å². The van der Waals surface area contributed by atoms with E-state index in [0.717, 1.165) is 56.9 Å². The third kappa shape index (κ3) is 3.61. The first-order valence-corrected chi connectivity index (χ1v) is 14.3.